The number of ether oxygens (including phenoxy) is 3. The van der Waals surface area contributed by atoms with Crippen LogP contribution in [0.5, 0.6) is 5.75 Å². The summed E-state index contributed by atoms with van der Waals surface area (Å²) in [6, 6.07) is 6.79. The highest BCUT2D eigenvalue weighted by Gasteiger charge is 2.51. The number of hydrogen-bond donors (Lipinski definition) is 3. The van der Waals surface area contributed by atoms with Gasteiger partial charge in [0.15, 0.2) is 0 Å². The van der Waals surface area contributed by atoms with Crippen molar-refractivity contribution in [2.24, 2.45) is 0 Å². The molecule has 1 aliphatic rings. The summed E-state index contributed by atoms with van der Waals surface area (Å²) in [7, 11) is 1.41. The topological polar surface area (TPSA) is 127 Å². The average Bonchev–Trinajstić information content (AvgIpc) is 2.58. The largest absolute Gasteiger partial charge is 0.465 e. The molecule has 9 nitrogen and oxygen atoms in total. The van der Waals surface area contributed by atoms with Crippen molar-refractivity contribution in [2.45, 2.75) is 44.0 Å². The first kappa shape index (κ1) is 19.2. The molecule has 4 atom stereocenters. The molecular formula is C18H21NO8. The summed E-state index contributed by atoms with van der Waals surface area (Å²) in [5, 5.41) is 22.7. The quantitative estimate of drug-likeness (QED) is 0.679. The smallest absolute Gasteiger partial charge is 0.405 e. The van der Waals surface area contributed by atoms with Crippen molar-refractivity contribution in [2.75, 3.05) is 7.11 Å². The van der Waals surface area contributed by atoms with Crippen molar-refractivity contribution >= 4 is 17.1 Å². The predicted molar refractivity (Wildman–Crippen MR) is 93.8 cm³/mol. The van der Waals surface area contributed by atoms with Crippen LogP contribution in [0.25, 0.3) is 11.0 Å². The molecule has 3 rings (SSSR count). The van der Waals surface area contributed by atoms with E-state index in [0.717, 1.165) is 0 Å². The van der Waals surface area contributed by atoms with Crippen molar-refractivity contribution in [1.29, 1.82) is 0 Å². The molecule has 1 fully saturated rings. The van der Waals surface area contributed by atoms with Crippen LogP contribution in [-0.2, 0) is 9.47 Å². The summed E-state index contributed by atoms with van der Waals surface area (Å²) >= 11 is 0. The lowest BCUT2D eigenvalue weighted by atomic mass is 9.87. The molecule has 0 spiro atoms. The lowest BCUT2D eigenvalue weighted by molar-refractivity contribution is -0.281. The fourth-order valence-corrected chi connectivity index (χ4v) is 3.29. The van der Waals surface area contributed by atoms with E-state index in [4.69, 9.17) is 23.7 Å². The Hall–Kier alpha value is -2.62. The van der Waals surface area contributed by atoms with Gasteiger partial charge in [0, 0.05) is 24.6 Å². The summed E-state index contributed by atoms with van der Waals surface area (Å²) in [5.74, 6) is 0.293. The maximum Gasteiger partial charge on any atom is 0.405 e. The van der Waals surface area contributed by atoms with Crippen LogP contribution >= 0.6 is 0 Å². The van der Waals surface area contributed by atoms with Gasteiger partial charge < -0.3 is 34.2 Å². The number of hydrogen-bond acceptors (Lipinski definition) is 7. The fraction of sp³-hybridized carbons (Fsp3) is 0.444. The van der Waals surface area contributed by atoms with Crippen LogP contribution in [0.1, 0.15) is 13.8 Å². The maximum absolute atomic E-state index is 11.4. The Bertz CT molecular complexity index is 892. The number of carboxylic acid groups (broad SMARTS) is 1. The van der Waals surface area contributed by atoms with Gasteiger partial charge in [-0.25, -0.2) is 9.59 Å². The van der Waals surface area contributed by atoms with Crippen molar-refractivity contribution in [3.05, 3.63) is 40.8 Å². The van der Waals surface area contributed by atoms with E-state index in [2.05, 4.69) is 5.32 Å². The fourth-order valence-electron chi connectivity index (χ4n) is 3.29. The first-order valence-corrected chi connectivity index (χ1v) is 8.30. The molecule has 2 heterocycles. The van der Waals surface area contributed by atoms with Gasteiger partial charge in [-0.2, -0.15) is 0 Å². The third kappa shape index (κ3) is 3.90. The van der Waals surface area contributed by atoms with Crippen LogP contribution in [0.3, 0.4) is 0 Å². The first-order chi connectivity index (χ1) is 12.7. The molecule has 0 saturated carbocycles. The number of methoxy groups -OCH3 is 1. The second-order valence-electron chi connectivity index (χ2n) is 6.78. The molecule has 3 N–H and O–H groups in total. The predicted octanol–water partition coefficient (Wildman–Crippen LogP) is 1.32. The Morgan fingerprint density at radius 2 is 1.96 bits per heavy atom. The second-order valence-corrected chi connectivity index (χ2v) is 6.78. The molecule has 9 heteroatoms. The summed E-state index contributed by atoms with van der Waals surface area (Å²) in [5.41, 5.74) is -1.13. The summed E-state index contributed by atoms with van der Waals surface area (Å²) in [6.45, 7) is 3.42. The van der Waals surface area contributed by atoms with Gasteiger partial charge in [-0.05, 0) is 32.0 Å². The normalized spacial score (nSPS) is 27.3. The molecular weight excluding hydrogens is 358 g/mol. The third-order valence-electron chi connectivity index (χ3n) is 4.47. The van der Waals surface area contributed by atoms with Gasteiger partial charge >= 0.3 is 11.7 Å². The molecule has 1 aromatic carbocycles. The number of aliphatic hydroxyl groups excluding tert-OH is 1. The monoisotopic (exact) mass is 379 g/mol. The lowest BCUT2D eigenvalue weighted by Gasteiger charge is -2.48. The van der Waals surface area contributed by atoms with Crippen LogP contribution in [0, 0.1) is 0 Å². The molecule has 0 bridgehead atoms. The standard InChI is InChI=1S/C18H21NO8/c1-18(2)15(24-3)13(19-17(22)23)14(21)16(27-18)25-10-6-4-9-5-7-12(20)26-11(9)8-10/h4-8,13-16,19,21H,1-3H3,(H,22,23)/t13-,14+,15+,16+/m0/s1. The first-order valence-electron chi connectivity index (χ1n) is 8.30. The van der Waals surface area contributed by atoms with Gasteiger partial charge in [-0.15, -0.1) is 0 Å². The zero-order valence-corrected chi connectivity index (χ0v) is 15.0. The van der Waals surface area contributed by atoms with Gasteiger partial charge in [-0.3, -0.25) is 0 Å². The zero-order chi connectivity index (χ0) is 19.8. The molecule has 0 aliphatic carbocycles. The Kier molecular flexibility index (Phi) is 5.09. The van der Waals surface area contributed by atoms with Crippen LogP contribution in [0.4, 0.5) is 4.79 Å². The Balaban J connectivity index is 1.89. The van der Waals surface area contributed by atoms with Crippen molar-refractivity contribution in [3.8, 4) is 5.75 Å². The SMILES string of the molecule is CO[C@@H]1[C@@H](NC(=O)O)[C@@H](O)[C@H](Oc2ccc3ccc(=O)oc3c2)OC1(C)C. The molecule has 1 aromatic heterocycles. The minimum Gasteiger partial charge on any atom is -0.465 e. The maximum atomic E-state index is 11.4. The number of nitrogens with one attached hydrogen (secondary N) is 1. The van der Waals surface area contributed by atoms with Crippen LogP contribution in [0.15, 0.2) is 39.5 Å². The second kappa shape index (κ2) is 7.18. The van der Waals surface area contributed by atoms with Crippen LogP contribution in [0.2, 0.25) is 0 Å². The zero-order valence-electron chi connectivity index (χ0n) is 15.0. The van der Waals surface area contributed by atoms with Gasteiger partial charge in [-0.1, -0.05) is 0 Å². The number of benzene rings is 1. The minimum atomic E-state index is -1.34. The van der Waals surface area contributed by atoms with E-state index in [-0.39, 0.29) is 0 Å². The number of carbonyl (C=O) groups is 1. The Morgan fingerprint density at radius 3 is 2.63 bits per heavy atom. The molecule has 146 valence electrons. The van der Waals surface area contributed by atoms with E-state index in [1.165, 1.54) is 19.2 Å². The van der Waals surface area contributed by atoms with E-state index in [9.17, 15) is 14.7 Å². The Labute approximate surface area is 154 Å². The molecule has 2 aromatic rings. The Morgan fingerprint density at radius 1 is 1.26 bits per heavy atom. The number of fused-ring (bicyclic) bond motifs is 1. The minimum absolute atomic E-state index is 0.293. The van der Waals surface area contributed by atoms with E-state index in [1.54, 1.807) is 32.0 Å². The number of rotatable bonds is 4. The van der Waals surface area contributed by atoms with E-state index < -0.39 is 41.9 Å². The number of amides is 1. The van der Waals surface area contributed by atoms with Crippen LogP contribution in [-0.4, -0.2) is 53.6 Å². The summed E-state index contributed by atoms with van der Waals surface area (Å²) in [6.07, 6.45) is -4.54. The van der Waals surface area contributed by atoms with Gasteiger partial charge in [0.05, 0.1) is 11.6 Å². The van der Waals surface area contributed by atoms with Gasteiger partial charge in [0.2, 0.25) is 6.29 Å². The molecule has 1 saturated heterocycles. The third-order valence-corrected chi connectivity index (χ3v) is 4.47. The van der Waals surface area contributed by atoms with Crippen molar-refractivity contribution < 1.29 is 33.6 Å². The van der Waals surface area contributed by atoms with Crippen LogP contribution < -0.4 is 15.7 Å². The summed E-state index contributed by atoms with van der Waals surface area (Å²) < 4.78 is 22.0. The highest BCUT2D eigenvalue weighted by atomic mass is 16.7. The molecule has 0 radical (unpaired) electrons. The van der Waals surface area contributed by atoms with Crippen molar-refractivity contribution in [3.63, 3.8) is 0 Å². The summed E-state index contributed by atoms with van der Waals surface area (Å²) in [4.78, 5) is 22.5. The average molecular weight is 379 g/mol. The van der Waals surface area contributed by atoms with Crippen molar-refractivity contribution in [1.82, 2.24) is 5.32 Å². The molecule has 27 heavy (non-hydrogen) atoms. The molecule has 1 amide bonds. The molecule has 1 aliphatic heterocycles. The highest BCUT2D eigenvalue weighted by Crippen LogP contribution is 2.33. The van der Waals surface area contributed by atoms with E-state index in [1.807, 2.05) is 0 Å². The van der Waals surface area contributed by atoms with E-state index >= 15 is 0 Å². The van der Waals surface area contributed by atoms with Gasteiger partial charge in [0.25, 0.3) is 0 Å². The molecule has 0 unspecified atom stereocenters. The lowest BCUT2D eigenvalue weighted by Crippen LogP contribution is -2.68. The highest BCUT2D eigenvalue weighted by molar-refractivity contribution is 5.77. The number of aliphatic hydroxyl groups is 1. The van der Waals surface area contributed by atoms with Gasteiger partial charge in [0.1, 0.15) is 23.5 Å². The van der Waals surface area contributed by atoms with E-state index in [0.29, 0.717) is 16.7 Å².